The lowest BCUT2D eigenvalue weighted by Crippen LogP contribution is -2.48. The summed E-state index contributed by atoms with van der Waals surface area (Å²) < 4.78 is 5.64. The van der Waals surface area contributed by atoms with E-state index in [4.69, 9.17) is 27.9 Å². The maximum atomic E-state index is 12.8. The molecule has 2 aromatic carbocycles. The summed E-state index contributed by atoms with van der Waals surface area (Å²) in [6.45, 7) is 9.71. The average Bonchev–Trinajstić information content (AvgIpc) is 2.73. The Morgan fingerprint density at radius 2 is 2.06 bits per heavy atom. The third-order valence-electron chi connectivity index (χ3n) is 5.90. The molecule has 1 aliphatic rings. The molecule has 0 radical (unpaired) electrons. The van der Waals surface area contributed by atoms with E-state index in [0.717, 1.165) is 18.7 Å². The van der Waals surface area contributed by atoms with Crippen LogP contribution in [-0.2, 0) is 4.79 Å². The predicted molar refractivity (Wildman–Crippen MR) is 132 cm³/mol. The van der Waals surface area contributed by atoms with Crippen molar-refractivity contribution in [2.24, 2.45) is 0 Å². The molecule has 1 aliphatic heterocycles. The zero-order valence-electron chi connectivity index (χ0n) is 18.9. The fourth-order valence-corrected chi connectivity index (χ4v) is 4.96. The van der Waals surface area contributed by atoms with Gasteiger partial charge in [-0.25, -0.2) is 0 Å². The molecule has 0 spiro atoms. The standard InChI is InChI=1S/C25H27Cl2N3O2/c1-6-30-22-12-23(32-5)16(10-19(22)15(2)13-25(30,3)4)9-17(14-28)24(31)29-21-8-7-18(26)11-20(21)27/h7-12,15H,6,13H2,1-5H3,(H,29,31)/b17-9+. The highest BCUT2D eigenvalue weighted by atomic mass is 35.5. The number of amides is 1. The van der Waals surface area contributed by atoms with Crippen LogP contribution in [0.3, 0.4) is 0 Å². The van der Waals surface area contributed by atoms with E-state index in [1.54, 1.807) is 25.3 Å². The molecule has 0 aliphatic carbocycles. The first-order valence-corrected chi connectivity index (χ1v) is 11.2. The highest BCUT2D eigenvalue weighted by Gasteiger charge is 2.36. The Morgan fingerprint density at radius 1 is 1.34 bits per heavy atom. The molecular weight excluding hydrogens is 445 g/mol. The van der Waals surface area contributed by atoms with Gasteiger partial charge in [-0.3, -0.25) is 4.79 Å². The number of carbonyl (C=O) groups excluding carboxylic acids is 1. The average molecular weight is 472 g/mol. The van der Waals surface area contributed by atoms with Gasteiger partial charge < -0.3 is 15.0 Å². The van der Waals surface area contributed by atoms with E-state index in [1.807, 2.05) is 18.2 Å². The number of benzene rings is 2. The number of carbonyl (C=O) groups is 1. The first-order chi connectivity index (χ1) is 15.1. The van der Waals surface area contributed by atoms with Crippen LogP contribution in [0.5, 0.6) is 5.75 Å². The Balaban J connectivity index is 2.02. The van der Waals surface area contributed by atoms with Gasteiger partial charge in [-0.1, -0.05) is 30.1 Å². The van der Waals surface area contributed by atoms with E-state index in [1.165, 1.54) is 11.6 Å². The van der Waals surface area contributed by atoms with E-state index >= 15 is 0 Å². The van der Waals surface area contributed by atoms with Crippen molar-refractivity contribution in [3.8, 4) is 11.8 Å². The van der Waals surface area contributed by atoms with E-state index < -0.39 is 5.91 Å². The molecule has 1 atom stereocenters. The third-order valence-corrected chi connectivity index (χ3v) is 6.45. The van der Waals surface area contributed by atoms with E-state index in [9.17, 15) is 10.1 Å². The molecule has 168 valence electrons. The van der Waals surface area contributed by atoms with Gasteiger partial charge >= 0.3 is 0 Å². The second-order valence-corrected chi connectivity index (χ2v) is 9.41. The minimum Gasteiger partial charge on any atom is -0.496 e. The summed E-state index contributed by atoms with van der Waals surface area (Å²) >= 11 is 12.1. The second-order valence-electron chi connectivity index (χ2n) is 8.56. The molecule has 0 bridgehead atoms. The van der Waals surface area contributed by atoms with Crippen molar-refractivity contribution in [3.63, 3.8) is 0 Å². The van der Waals surface area contributed by atoms with Gasteiger partial charge in [-0.15, -0.1) is 0 Å². The topological polar surface area (TPSA) is 65.4 Å². The summed E-state index contributed by atoms with van der Waals surface area (Å²) in [5.74, 6) is 0.381. The van der Waals surface area contributed by atoms with Gasteiger partial charge in [0.1, 0.15) is 17.4 Å². The highest BCUT2D eigenvalue weighted by molar-refractivity contribution is 6.36. The summed E-state index contributed by atoms with van der Waals surface area (Å²) in [5, 5.41) is 13.1. The quantitative estimate of drug-likeness (QED) is 0.390. The van der Waals surface area contributed by atoms with Crippen LogP contribution in [0.15, 0.2) is 35.9 Å². The number of hydrogen-bond acceptors (Lipinski definition) is 4. The normalized spacial score (nSPS) is 17.4. The molecule has 1 N–H and O–H groups in total. The van der Waals surface area contributed by atoms with Crippen molar-refractivity contribution in [1.82, 2.24) is 0 Å². The number of ether oxygens (including phenoxy) is 1. The molecule has 7 heteroatoms. The van der Waals surface area contributed by atoms with Crippen molar-refractivity contribution in [3.05, 3.63) is 57.1 Å². The molecule has 0 saturated carbocycles. The van der Waals surface area contributed by atoms with Crippen molar-refractivity contribution in [2.75, 3.05) is 23.9 Å². The fraction of sp³-hybridized carbons (Fsp3) is 0.360. The Labute approximate surface area is 199 Å². The largest absolute Gasteiger partial charge is 0.496 e. The molecule has 0 saturated heterocycles. The first kappa shape index (κ1) is 24.0. The Hall–Kier alpha value is -2.68. The van der Waals surface area contributed by atoms with Crippen molar-refractivity contribution in [2.45, 2.75) is 45.6 Å². The molecule has 1 amide bonds. The number of rotatable bonds is 5. The monoisotopic (exact) mass is 471 g/mol. The summed E-state index contributed by atoms with van der Waals surface area (Å²) in [6, 6.07) is 10.8. The van der Waals surface area contributed by atoms with Crippen LogP contribution in [0.2, 0.25) is 10.0 Å². The van der Waals surface area contributed by atoms with Gasteiger partial charge in [0.25, 0.3) is 5.91 Å². The van der Waals surface area contributed by atoms with Crippen LogP contribution in [0.1, 0.15) is 51.2 Å². The lowest BCUT2D eigenvalue weighted by atomic mass is 9.79. The van der Waals surface area contributed by atoms with Crippen LogP contribution in [-0.4, -0.2) is 25.1 Å². The Morgan fingerprint density at radius 3 is 2.66 bits per heavy atom. The summed E-state index contributed by atoms with van der Waals surface area (Å²) in [7, 11) is 1.59. The number of halogens is 2. The van der Waals surface area contributed by atoms with Gasteiger partial charge in [-0.05, 0) is 69.0 Å². The number of nitrogens with zero attached hydrogens (tertiary/aromatic N) is 2. The molecule has 1 heterocycles. The highest BCUT2D eigenvalue weighted by Crippen LogP contribution is 2.46. The number of nitrogens with one attached hydrogen (secondary N) is 1. The zero-order valence-corrected chi connectivity index (χ0v) is 20.4. The lowest BCUT2D eigenvalue weighted by Gasteiger charge is -2.47. The minimum absolute atomic E-state index is 0.0269. The summed E-state index contributed by atoms with van der Waals surface area (Å²) in [6.07, 6.45) is 2.56. The molecule has 0 fully saturated rings. The Kier molecular flexibility index (Phi) is 7.07. The van der Waals surface area contributed by atoms with Crippen LogP contribution in [0.4, 0.5) is 11.4 Å². The van der Waals surface area contributed by atoms with Crippen molar-refractivity contribution < 1.29 is 9.53 Å². The predicted octanol–water partition coefficient (Wildman–Crippen LogP) is 6.66. The molecule has 2 aromatic rings. The SMILES string of the molecule is CCN1c2cc(OC)c(/C=C(\C#N)C(=O)Nc3ccc(Cl)cc3Cl)cc2C(C)CC1(C)C. The maximum Gasteiger partial charge on any atom is 0.266 e. The number of hydrogen-bond donors (Lipinski definition) is 1. The van der Waals surface area contributed by atoms with Crippen LogP contribution >= 0.6 is 23.2 Å². The van der Waals surface area contributed by atoms with Gasteiger partial charge in [0.05, 0.1) is 17.8 Å². The molecule has 32 heavy (non-hydrogen) atoms. The van der Waals surface area contributed by atoms with Gasteiger partial charge in [-0.2, -0.15) is 5.26 Å². The molecular formula is C25H27Cl2N3O2. The van der Waals surface area contributed by atoms with E-state index in [2.05, 4.69) is 37.9 Å². The second kappa shape index (κ2) is 9.44. The third kappa shape index (κ3) is 4.72. The van der Waals surface area contributed by atoms with Gasteiger partial charge in [0.15, 0.2) is 0 Å². The maximum absolute atomic E-state index is 12.8. The first-order valence-electron chi connectivity index (χ1n) is 10.5. The zero-order chi connectivity index (χ0) is 23.6. The smallest absolute Gasteiger partial charge is 0.266 e. The molecule has 0 aromatic heterocycles. The number of anilines is 2. The number of nitriles is 1. The van der Waals surface area contributed by atoms with Gasteiger partial charge in [0, 0.05) is 34.4 Å². The Bertz CT molecular complexity index is 1120. The minimum atomic E-state index is -0.555. The van der Waals surface area contributed by atoms with Crippen LogP contribution < -0.4 is 15.0 Å². The lowest BCUT2D eigenvalue weighted by molar-refractivity contribution is -0.112. The summed E-state index contributed by atoms with van der Waals surface area (Å²) in [4.78, 5) is 15.2. The fourth-order valence-electron chi connectivity index (χ4n) is 4.50. The number of methoxy groups -OCH3 is 1. The number of fused-ring (bicyclic) bond motifs is 1. The van der Waals surface area contributed by atoms with Crippen LogP contribution in [0.25, 0.3) is 6.08 Å². The van der Waals surface area contributed by atoms with E-state index in [-0.39, 0.29) is 11.1 Å². The van der Waals surface area contributed by atoms with Crippen molar-refractivity contribution in [1.29, 1.82) is 5.26 Å². The van der Waals surface area contributed by atoms with Gasteiger partial charge in [0.2, 0.25) is 0 Å². The van der Waals surface area contributed by atoms with Crippen LogP contribution in [0, 0.1) is 11.3 Å². The van der Waals surface area contributed by atoms with Crippen molar-refractivity contribution >= 4 is 46.6 Å². The molecule has 3 rings (SSSR count). The summed E-state index contributed by atoms with van der Waals surface area (Å²) in [5.41, 5.74) is 3.35. The molecule has 5 nitrogen and oxygen atoms in total. The molecule has 1 unspecified atom stereocenters. The van der Waals surface area contributed by atoms with E-state index in [0.29, 0.717) is 33.0 Å².